The largest absolute Gasteiger partial charge is 0.334 e. The number of nitrogens with one attached hydrogen (secondary N) is 1. The van der Waals surface area contributed by atoms with Crippen LogP contribution < -0.4 is 4.72 Å². The average molecular weight is 357 g/mol. The van der Waals surface area contributed by atoms with Gasteiger partial charge in [-0.25, -0.2) is 8.42 Å². The molecular weight excluding hydrogens is 342 g/mol. The summed E-state index contributed by atoms with van der Waals surface area (Å²) in [6.45, 7) is 3.08. The van der Waals surface area contributed by atoms with E-state index in [-0.39, 0.29) is 10.7 Å². The Morgan fingerprint density at radius 1 is 1.12 bits per heavy atom. The molecule has 0 atom stereocenters. The number of Topliss-reactive ketones (excluding diaryl/α,β-unsaturated/α-hetero) is 1. The standard InChI is InChI=1S/C17H15N3O4S/c1-11(21)13-5-4-8-16(10-13)25(22,23)20-15-7-3-6-14(9-15)17-18-12(2)19-24-17/h3-10,20H,1-2H3. The van der Waals surface area contributed by atoms with Crippen molar-refractivity contribution in [2.45, 2.75) is 18.7 Å². The third-order valence-corrected chi connectivity index (χ3v) is 4.82. The molecule has 2 aromatic carbocycles. The van der Waals surface area contributed by atoms with Crippen LogP contribution in [0.5, 0.6) is 0 Å². The van der Waals surface area contributed by atoms with E-state index in [1.807, 2.05) is 0 Å². The van der Waals surface area contributed by atoms with E-state index in [0.29, 0.717) is 28.5 Å². The normalized spacial score (nSPS) is 11.3. The second-order valence-corrected chi connectivity index (χ2v) is 7.10. The molecule has 0 fully saturated rings. The zero-order valence-electron chi connectivity index (χ0n) is 13.6. The van der Waals surface area contributed by atoms with Crippen LogP contribution in [0.15, 0.2) is 57.9 Å². The highest BCUT2D eigenvalue weighted by Gasteiger charge is 2.16. The van der Waals surface area contributed by atoms with Crippen LogP contribution in [0.1, 0.15) is 23.1 Å². The lowest BCUT2D eigenvalue weighted by Crippen LogP contribution is -2.13. The molecule has 0 aliphatic rings. The highest BCUT2D eigenvalue weighted by atomic mass is 32.2. The SMILES string of the molecule is CC(=O)c1cccc(S(=O)(=O)Nc2cccc(-c3nc(C)no3)c2)c1. The molecule has 0 radical (unpaired) electrons. The molecule has 0 saturated heterocycles. The van der Waals surface area contributed by atoms with Gasteiger partial charge in [0.2, 0.25) is 0 Å². The fourth-order valence-electron chi connectivity index (χ4n) is 2.23. The van der Waals surface area contributed by atoms with Crippen LogP contribution in [-0.2, 0) is 10.0 Å². The van der Waals surface area contributed by atoms with Gasteiger partial charge in [-0.15, -0.1) is 0 Å². The maximum atomic E-state index is 12.6. The number of carbonyl (C=O) groups excluding carboxylic acids is 1. The topological polar surface area (TPSA) is 102 Å². The van der Waals surface area contributed by atoms with Crippen molar-refractivity contribution in [3.05, 3.63) is 59.9 Å². The fraction of sp³-hybridized carbons (Fsp3) is 0.118. The molecule has 0 aliphatic heterocycles. The summed E-state index contributed by atoms with van der Waals surface area (Å²) in [6, 6.07) is 12.5. The van der Waals surface area contributed by atoms with Crippen LogP contribution in [0.3, 0.4) is 0 Å². The van der Waals surface area contributed by atoms with Crippen molar-refractivity contribution in [3.63, 3.8) is 0 Å². The number of hydrogen-bond donors (Lipinski definition) is 1. The first-order valence-electron chi connectivity index (χ1n) is 7.40. The van der Waals surface area contributed by atoms with E-state index >= 15 is 0 Å². The summed E-state index contributed by atoms with van der Waals surface area (Å²) in [5.41, 5.74) is 1.28. The number of hydrogen-bond acceptors (Lipinski definition) is 6. The number of aryl methyl sites for hydroxylation is 1. The number of sulfonamides is 1. The Hall–Kier alpha value is -3.00. The second kappa shape index (κ2) is 6.48. The summed E-state index contributed by atoms with van der Waals surface area (Å²) in [6.07, 6.45) is 0. The van der Waals surface area contributed by atoms with E-state index in [9.17, 15) is 13.2 Å². The Balaban J connectivity index is 1.91. The van der Waals surface area contributed by atoms with Gasteiger partial charge in [0.1, 0.15) is 0 Å². The smallest absolute Gasteiger partial charge is 0.261 e. The molecule has 1 aromatic heterocycles. The van der Waals surface area contributed by atoms with E-state index in [4.69, 9.17) is 4.52 Å². The number of nitrogens with zero attached hydrogens (tertiary/aromatic N) is 2. The molecule has 0 unspecified atom stereocenters. The zero-order chi connectivity index (χ0) is 18.0. The van der Waals surface area contributed by atoms with E-state index < -0.39 is 10.0 Å². The molecule has 0 amide bonds. The molecule has 0 spiro atoms. The molecule has 1 heterocycles. The molecular formula is C17H15N3O4S. The van der Waals surface area contributed by atoms with Crippen LogP contribution >= 0.6 is 0 Å². The van der Waals surface area contributed by atoms with Gasteiger partial charge in [0.15, 0.2) is 11.6 Å². The average Bonchev–Trinajstić information content (AvgIpc) is 3.01. The maximum Gasteiger partial charge on any atom is 0.261 e. The van der Waals surface area contributed by atoms with Gasteiger partial charge in [-0.05, 0) is 44.2 Å². The number of anilines is 1. The molecule has 3 aromatic rings. The van der Waals surface area contributed by atoms with Crippen LogP contribution in [0, 0.1) is 6.92 Å². The minimum absolute atomic E-state index is 0.0132. The Bertz CT molecular complexity index is 1040. The summed E-state index contributed by atoms with van der Waals surface area (Å²) in [4.78, 5) is 15.6. The summed E-state index contributed by atoms with van der Waals surface area (Å²) < 4.78 is 32.7. The first-order valence-corrected chi connectivity index (χ1v) is 8.88. The predicted molar refractivity (Wildman–Crippen MR) is 91.7 cm³/mol. The van der Waals surface area contributed by atoms with Gasteiger partial charge in [-0.3, -0.25) is 9.52 Å². The number of carbonyl (C=O) groups is 1. The summed E-state index contributed by atoms with van der Waals surface area (Å²) in [5.74, 6) is 0.588. The second-order valence-electron chi connectivity index (χ2n) is 5.42. The van der Waals surface area contributed by atoms with Crippen molar-refractivity contribution in [2.75, 3.05) is 4.72 Å². The van der Waals surface area contributed by atoms with Gasteiger partial charge in [0, 0.05) is 16.8 Å². The molecule has 7 nitrogen and oxygen atoms in total. The van der Waals surface area contributed by atoms with Crippen molar-refractivity contribution in [1.82, 2.24) is 10.1 Å². The Kier molecular flexibility index (Phi) is 4.37. The lowest BCUT2D eigenvalue weighted by molar-refractivity contribution is 0.101. The van der Waals surface area contributed by atoms with E-state index in [0.717, 1.165) is 0 Å². The van der Waals surface area contributed by atoms with Crippen LogP contribution in [0.25, 0.3) is 11.5 Å². The van der Waals surface area contributed by atoms with E-state index in [1.165, 1.54) is 25.1 Å². The first-order chi connectivity index (χ1) is 11.8. The van der Waals surface area contributed by atoms with Crippen LogP contribution in [0.4, 0.5) is 5.69 Å². The van der Waals surface area contributed by atoms with Crippen LogP contribution in [0.2, 0.25) is 0 Å². The molecule has 128 valence electrons. The lowest BCUT2D eigenvalue weighted by Gasteiger charge is -2.09. The Morgan fingerprint density at radius 2 is 1.88 bits per heavy atom. The molecule has 0 saturated carbocycles. The van der Waals surface area contributed by atoms with Gasteiger partial charge in [-0.1, -0.05) is 23.4 Å². The number of ketones is 1. The van der Waals surface area contributed by atoms with Crippen molar-refractivity contribution in [2.24, 2.45) is 0 Å². The molecule has 3 rings (SSSR count). The molecule has 0 aliphatic carbocycles. The van der Waals surface area contributed by atoms with Crippen molar-refractivity contribution in [1.29, 1.82) is 0 Å². The highest BCUT2D eigenvalue weighted by molar-refractivity contribution is 7.92. The minimum atomic E-state index is -3.83. The van der Waals surface area contributed by atoms with Gasteiger partial charge in [0.25, 0.3) is 15.9 Å². The quantitative estimate of drug-likeness (QED) is 0.704. The van der Waals surface area contributed by atoms with Crippen molar-refractivity contribution < 1.29 is 17.7 Å². The van der Waals surface area contributed by atoms with E-state index in [2.05, 4.69) is 14.9 Å². The molecule has 25 heavy (non-hydrogen) atoms. The first kappa shape index (κ1) is 16.8. The number of benzene rings is 2. The van der Waals surface area contributed by atoms with Gasteiger partial charge >= 0.3 is 0 Å². The predicted octanol–water partition coefficient (Wildman–Crippen LogP) is 3.05. The van der Waals surface area contributed by atoms with Gasteiger partial charge < -0.3 is 4.52 Å². The van der Waals surface area contributed by atoms with Gasteiger partial charge in [-0.2, -0.15) is 4.98 Å². The number of aromatic nitrogens is 2. The third-order valence-electron chi connectivity index (χ3n) is 3.44. The minimum Gasteiger partial charge on any atom is -0.334 e. The van der Waals surface area contributed by atoms with Crippen LogP contribution in [-0.4, -0.2) is 24.3 Å². The zero-order valence-corrected chi connectivity index (χ0v) is 14.4. The monoisotopic (exact) mass is 357 g/mol. The van der Waals surface area contributed by atoms with E-state index in [1.54, 1.807) is 37.3 Å². The lowest BCUT2D eigenvalue weighted by atomic mass is 10.2. The molecule has 1 N–H and O–H groups in total. The molecule has 0 bridgehead atoms. The Morgan fingerprint density at radius 3 is 2.56 bits per heavy atom. The summed E-state index contributed by atoms with van der Waals surface area (Å²) >= 11 is 0. The third kappa shape index (κ3) is 3.74. The van der Waals surface area contributed by atoms with Gasteiger partial charge in [0.05, 0.1) is 4.90 Å². The molecule has 8 heteroatoms. The maximum absolute atomic E-state index is 12.6. The summed E-state index contributed by atoms with van der Waals surface area (Å²) in [5, 5.41) is 3.71. The number of rotatable bonds is 5. The van der Waals surface area contributed by atoms with Crippen molar-refractivity contribution in [3.8, 4) is 11.5 Å². The Labute approximate surface area is 144 Å². The fourth-order valence-corrected chi connectivity index (χ4v) is 3.32. The highest BCUT2D eigenvalue weighted by Crippen LogP contribution is 2.23. The van der Waals surface area contributed by atoms with Crippen molar-refractivity contribution >= 4 is 21.5 Å². The summed E-state index contributed by atoms with van der Waals surface area (Å²) in [7, 11) is -3.83.